The van der Waals surface area contributed by atoms with E-state index in [4.69, 9.17) is 0 Å². The lowest BCUT2D eigenvalue weighted by Gasteiger charge is -2.23. The summed E-state index contributed by atoms with van der Waals surface area (Å²) in [4.78, 5) is 2.65. The summed E-state index contributed by atoms with van der Waals surface area (Å²) in [5.74, 6) is 0. The third kappa shape index (κ3) is 2.23. The fraction of sp³-hybridized carbons (Fsp3) is 1.00. The second kappa shape index (κ2) is 3.58. The van der Waals surface area contributed by atoms with E-state index in [9.17, 15) is 0 Å². The summed E-state index contributed by atoms with van der Waals surface area (Å²) in [6, 6.07) is 0.687. The Morgan fingerprint density at radius 3 is 2.85 bits per heavy atom. The maximum atomic E-state index is 3.64. The molecule has 1 saturated heterocycles. The molecule has 76 valence electrons. The van der Waals surface area contributed by atoms with Crippen LogP contribution in [-0.2, 0) is 0 Å². The number of rotatable bonds is 2. The van der Waals surface area contributed by atoms with Crippen LogP contribution in [0.15, 0.2) is 0 Å². The highest BCUT2D eigenvalue weighted by molar-refractivity contribution is 4.99. The lowest BCUT2D eigenvalue weighted by Crippen LogP contribution is -2.35. The molecule has 1 spiro atoms. The Hall–Kier alpha value is -0.0800. The molecular formula is C11H22N2. The van der Waals surface area contributed by atoms with Gasteiger partial charge >= 0.3 is 0 Å². The van der Waals surface area contributed by atoms with Gasteiger partial charge in [-0.05, 0) is 38.1 Å². The van der Waals surface area contributed by atoms with Crippen molar-refractivity contribution >= 4 is 0 Å². The highest BCUT2D eigenvalue weighted by Crippen LogP contribution is 2.46. The number of hydrogen-bond donors (Lipinski definition) is 1. The average molecular weight is 182 g/mol. The van der Waals surface area contributed by atoms with Crippen LogP contribution in [-0.4, -0.2) is 37.1 Å². The van der Waals surface area contributed by atoms with E-state index in [0.29, 0.717) is 11.5 Å². The van der Waals surface area contributed by atoms with Gasteiger partial charge in [-0.2, -0.15) is 0 Å². The minimum absolute atomic E-state index is 0.680. The van der Waals surface area contributed by atoms with E-state index in [1.165, 1.54) is 45.4 Å². The van der Waals surface area contributed by atoms with Gasteiger partial charge in [0, 0.05) is 25.7 Å². The van der Waals surface area contributed by atoms with Gasteiger partial charge in [0.1, 0.15) is 0 Å². The molecule has 0 aromatic heterocycles. The van der Waals surface area contributed by atoms with Crippen molar-refractivity contribution in [3.8, 4) is 0 Å². The molecule has 1 unspecified atom stereocenters. The van der Waals surface area contributed by atoms with Gasteiger partial charge in [0.25, 0.3) is 0 Å². The summed E-state index contributed by atoms with van der Waals surface area (Å²) in [6.07, 6.45) is 4.20. The molecule has 1 atom stereocenters. The van der Waals surface area contributed by atoms with Crippen LogP contribution in [0.3, 0.4) is 0 Å². The molecule has 0 aromatic carbocycles. The highest BCUT2D eigenvalue weighted by atomic mass is 15.2. The predicted molar refractivity (Wildman–Crippen MR) is 55.9 cm³/mol. The van der Waals surface area contributed by atoms with Crippen LogP contribution in [0.5, 0.6) is 0 Å². The monoisotopic (exact) mass is 182 g/mol. The fourth-order valence-corrected chi connectivity index (χ4v) is 2.44. The topological polar surface area (TPSA) is 15.3 Å². The molecule has 1 heterocycles. The van der Waals surface area contributed by atoms with Crippen LogP contribution < -0.4 is 5.32 Å². The first-order chi connectivity index (χ1) is 6.24. The number of nitrogens with one attached hydrogen (secondary N) is 1. The zero-order valence-corrected chi connectivity index (χ0v) is 8.97. The number of hydrogen-bond acceptors (Lipinski definition) is 2. The molecule has 1 N–H and O–H groups in total. The molecule has 1 aliphatic carbocycles. The van der Waals surface area contributed by atoms with Gasteiger partial charge in [-0.1, -0.05) is 6.92 Å². The second-order valence-corrected chi connectivity index (χ2v) is 5.02. The van der Waals surface area contributed by atoms with E-state index >= 15 is 0 Å². The molecular weight excluding hydrogens is 160 g/mol. The van der Waals surface area contributed by atoms with Gasteiger partial charge < -0.3 is 10.2 Å². The summed E-state index contributed by atoms with van der Waals surface area (Å²) in [6.45, 7) is 9.72. The lowest BCUT2D eigenvalue weighted by molar-refractivity contribution is 0.239. The van der Waals surface area contributed by atoms with Crippen molar-refractivity contribution in [1.29, 1.82) is 0 Å². The van der Waals surface area contributed by atoms with Gasteiger partial charge in [0.05, 0.1) is 0 Å². The second-order valence-electron chi connectivity index (χ2n) is 5.02. The Kier molecular flexibility index (Phi) is 2.61. The van der Waals surface area contributed by atoms with Crippen LogP contribution in [0.4, 0.5) is 0 Å². The molecule has 2 nitrogen and oxygen atoms in total. The van der Waals surface area contributed by atoms with Crippen molar-refractivity contribution in [3.05, 3.63) is 0 Å². The van der Waals surface area contributed by atoms with Crippen LogP contribution in [0.1, 0.15) is 33.1 Å². The van der Waals surface area contributed by atoms with Gasteiger partial charge in [-0.15, -0.1) is 0 Å². The first-order valence-electron chi connectivity index (χ1n) is 5.70. The van der Waals surface area contributed by atoms with E-state index in [-0.39, 0.29) is 0 Å². The molecule has 13 heavy (non-hydrogen) atoms. The molecule has 0 aromatic rings. The van der Waals surface area contributed by atoms with E-state index in [2.05, 4.69) is 24.1 Å². The standard InChI is InChI=1S/C11H22N2/c1-3-6-13-7-10(2)12-8-11(9-13)4-5-11/h10,12H,3-9H2,1-2H3. The Labute approximate surface area is 81.7 Å². The quantitative estimate of drug-likeness (QED) is 0.695. The third-order valence-electron chi connectivity index (χ3n) is 3.41. The smallest absolute Gasteiger partial charge is 0.0166 e. The van der Waals surface area contributed by atoms with Crippen LogP contribution in [0.2, 0.25) is 0 Å². The van der Waals surface area contributed by atoms with Crippen molar-refractivity contribution in [2.75, 3.05) is 26.2 Å². The Balaban J connectivity index is 1.93. The Morgan fingerprint density at radius 1 is 1.46 bits per heavy atom. The predicted octanol–water partition coefficient (Wildman–Crippen LogP) is 1.47. The summed E-state index contributed by atoms with van der Waals surface area (Å²) in [5.41, 5.74) is 0.680. The summed E-state index contributed by atoms with van der Waals surface area (Å²) >= 11 is 0. The molecule has 2 rings (SSSR count). The summed E-state index contributed by atoms with van der Waals surface area (Å²) in [5, 5.41) is 3.64. The van der Waals surface area contributed by atoms with Crippen LogP contribution in [0, 0.1) is 5.41 Å². The molecule has 0 radical (unpaired) electrons. The Bertz CT molecular complexity index is 175. The van der Waals surface area contributed by atoms with Crippen LogP contribution in [0.25, 0.3) is 0 Å². The molecule has 2 fully saturated rings. The molecule has 1 aliphatic heterocycles. The molecule has 0 amide bonds. The highest BCUT2D eigenvalue weighted by Gasteiger charge is 2.44. The van der Waals surface area contributed by atoms with Crippen molar-refractivity contribution in [2.45, 2.75) is 39.2 Å². The molecule has 1 saturated carbocycles. The first kappa shape index (κ1) is 9.47. The molecule has 2 heteroatoms. The van der Waals surface area contributed by atoms with Gasteiger partial charge in [-0.25, -0.2) is 0 Å². The molecule has 0 bridgehead atoms. The van der Waals surface area contributed by atoms with Crippen LogP contribution >= 0.6 is 0 Å². The Morgan fingerprint density at radius 2 is 2.23 bits per heavy atom. The van der Waals surface area contributed by atoms with E-state index in [0.717, 1.165) is 0 Å². The van der Waals surface area contributed by atoms with E-state index in [1.54, 1.807) is 0 Å². The number of nitrogens with zero attached hydrogens (tertiary/aromatic N) is 1. The maximum Gasteiger partial charge on any atom is 0.0166 e. The zero-order valence-electron chi connectivity index (χ0n) is 8.97. The normalized spacial score (nSPS) is 33.2. The van der Waals surface area contributed by atoms with Crippen molar-refractivity contribution in [3.63, 3.8) is 0 Å². The van der Waals surface area contributed by atoms with E-state index < -0.39 is 0 Å². The first-order valence-corrected chi connectivity index (χ1v) is 5.70. The summed E-state index contributed by atoms with van der Waals surface area (Å²) in [7, 11) is 0. The van der Waals surface area contributed by atoms with Crippen molar-refractivity contribution < 1.29 is 0 Å². The minimum atomic E-state index is 0.680. The van der Waals surface area contributed by atoms with Gasteiger partial charge in [-0.3, -0.25) is 0 Å². The maximum absolute atomic E-state index is 3.64. The molecule has 2 aliphatic rings. The van der Waals surface area contributed by atoms with Crippen molar-refractivity contribution in [1.82, 2.24) is 10.2 Å². The fourth-order valence-electron chi connectivity index (χ4n) is 2.44. The summed E-state index contributed by atoms with van der Waals surface area (Å²) < 4.78 is 0. The zero-order chi connectivity index (χ0) is 9.31. The largest absolute Gasteiger partial charge is 0.312 e. The van der Waals surface area contributed by atoms with Crippen molar-refractivity contribution in [2.24, 2.45) is 5.41 Å². The van der Waals surface area contributed by atoms with Gasteiger partial charge in [0.2, 0.25) is 0 Å². The third-order valence-corrected chi connectivity index (χ3v) is 3.41. The average Bonchev–Trinajstić information content (AvgIpc) is 2.84. The van der Waals surface area contributed by atoms with E-state index in [1.807, 2.05) is 0 Å². The van der Waals surface area contributed by atoms with Gasteiger partial charge in [0.15, 0.2) is 0 Å². The lowest BCUT2D eigenvalue weighted by atomic mass is 10.1. The minimum Gasteiger partial charge on any atom is -0.312 e. The SMILES string of the molecule is CCCN1CC(C)NCC2(CC2)C1.